The van der Waals surface area contributed by atoms with Crippen molar-refractivity contribution in [1.82, 2.24) is 0 Å². The standard InChI is InChI=1S/C24H34O3/c1-7-21(19-11-9-8-10-12-19)24(26,17(4)5)23(25)27-22-15-18(6)13-14-20(22)16(2)3/h7-12,16,18,20-22,26H,1,4,13-15H2,2-3,5-6H3/t18-,20+,21-,22-,24-/m1/s1. The van der Waals surface area contributed by atoms with Crippen LogP contribution < -0.4 is 0 Å². The molecule has 1 aromatic carbocycles. The van der Waals surface area contributed by atoms with Crippen molar-refractivity contribution in [2.24, 2.45) is 17.8 Å². The van der Waals surface area contributed by atoms with Gasteiger partial charge in [-0.2, -0.15) is 0 Å². The second kappa shape index (κ2) is 8.88. The Morgan fingerprint density at radius 2 is 1.93 bits per heavy atom. The molecule has 0 spiro atoms. The topological polar surface area (TPSA) is 46.5 Å². The molecule has 0 bridgehead atoms. The van der Waals surface area contributed by atoms with Gasteiger partial charge in [-0.25, -0.2) is 4.79 Å². The van der Waals surface area contributed by atoms with Gasteiger partial charge in [0.05, 0.1) is 0 Å². The summed E-state index contributed by atoms with van der Waals surface area (Å²) in [5, 5.41) is 11.4. The first-order chi connectivity index (χ1) is 12.7. The smallest absolute Gasteiger partial charge is 0.343 e. The molecule has 3 nitrogen and oxygen atoms in total. The minimum Gasteiger partial charge on any atom is -0.460 e. The van der Waals surface area contributed by atoms with Crippen LogP contribution >= 0.6 is 0 Å². The molecular weight excluding hydrogens is 336 g/mol. The first-order valence-corrected chi connectivity index (χ1v) is 9.98. The molecule has 0 saturated heterocycles. The summed E-state index contributed by atoms with van der Waals surface area (Å²) in [6, 6.07) is 9.43. The molecule has 1 aliphatic rings. The van der Waals surface area contributed by atoms with Crippen LogP contribution in [0.1, 0.15) is 58.4 Å². The zero-order valence-electron chi connectivity index (χ0n) is 17.2. The van der Waals surface area contributed by atoms with E-state index in [9.17, 15) is 9.90 Å². The molecule has 1 aromatic rings. The third-order valence-electron chi connectivity index (χ3n) is 6.03. The maximum absolute atomic E-state index is 13.2. The number of benzene rings is 1. The van der Waals surface area contributed by atoms with E-state index in [1.807, 2.05) is 30.3 Å². The lowest BCUT2D eigenvalue weighted by Crippen LogP contribution is -2.49. The lowest BCUT2D eigenvalue weighted by Gasteiger charge is -2.40. The number of hydrogen-bond acceptors (Lipinski definition) is 3. The third-order valence-corrected chi connectivity index (χ3v) is 6.03. The van der Waals surface area contributed by atoms with Crippen molar-refractivity contribution in [2.75, 3.05) is 0 Å². The summed E-state index contributed by atoms with van der Waals surface area (Å²) in [6.45, 7) is 16.0. The fourth-order valence-electron chi connectivity index (χ4n) is 4.25. The van der Waals surface area contributed by atoms with Gasteiger partial charge < -0.3 is 9.84 Å². The molecular formula is C24H34O3. The summed E-state index contributed by atoms with van der Waals surface area (Å²) < 4.78 is 5.97. The molecule has 0 aliphatic heterocycles. The second-order valence-corrected chi connectivity index (χ2v) is 8.44. The Morgan fingerprint density at radius 1 is 1.30 bits per heavy atom. The van der Waals surface area contributed by atoms with E-state index in [4.69, 9.17) is 4.74 Å². The van der Waals surface area contributed by atoms with E-state index >= 15 is 0 Å². The van der Waals surface area contributed by atoms with Gasteiger partial charge >= 0.3 is 5.97 Å². The van der Waals surface area contributed by atoms with E-state index in [-0.39, 0.29) is 6.10 Å². The van der Waals surface area contributed by atoms with E-state index < -0.39 is 17.5 Å². The molecule has 1 fully saturated rings. The van der Waals surface area contributed by atoms with Gasteiger partial charge in [0.15, 0.2) is 5.60 Å². The fraction of sp³-hybridized carbons (Fsp3) is 0.542. The van der Waals surface area contributed by atoms with Gasteiger partial charge in [0, 0.05) is 5.92 Å². The maximum Gasteiger partial charge on any atom is 0.343 e. The van der Waals surface area contributed by atoms with Crippen molar-refractivity contribution in [3.05, 3.63) is 60.7 Å². The molecule has 27 heavy (non-hydrogen) atoms. The SMILES string of the molecule is C=C[C@H](c1ccccc1)[C@](O)(C(=C)C)C(=O)O[C@@H]1C[C@H](C)CC[C@H]1C(C)C. The highest BCUT2D eigenvalue weighted by Crippen LogP contribution is 2.39. The highest BCUT2D eigenvalue weighted by Gasteiger charge is 2.47. The Hall–Kier alpha value is -1.87. The van der Waals surface area contributed by atoms with E-state index in [2.05, 4.69) is 33.9 Å². The number of ether oxygens (including phenoxy) is 1. The quantitative estimate of drug-likeness (QED) is 0.525. The number of aliphatic hydroxyl groups is 1. The molecule has 1 saturated carbocycles. The van der Waals surface area contributed by atoms with Crippen LogP contribution in [0.15, 0.2) is 55.1 Å². The lowest BCUT2D eigenvalue weighted by molar-refractivity contribution is -0.175. The maximum atomic E-state index is 13.2. The number of esters is 1. The second-order valence-electron chi connectivity index (χ2n) is 8.44. The summed E-state index contributed by atoms with van der Waals surface area (Å²) in [4.78, 5) is 13.2. The van der Waals surface area contributed by atoms with Gasteiger partial charge in [-0.1, -0.05) is 70.2 Å². The number of carbonyl (C=O) groups is 1. The predicted molar refractivity (Wildman–Crippen MR) is 110 cm³/mol. The van der Waals surface area contributed by atoms with Gasteiger partial charge in [0.1, 0.15) is 6.10 Å². The minimum absolute atomic E-state index is 0.173. The summed E-state index contributed by atoms with van der Waals surface area (Å²) >= 11 is 0. The molecule has 148 valence electrons. The summed E-state index contributed by atoms with van der Waals surface area (Å²) in [5.74, 6) is 0.0340. The Balaban J connectivity index is 2.32. The first-order valence-electron chi connectivity index (χ1n) is 9.98. The summed E-state index contributed by atoms with van der Waals surface area (Å²) in [6.07, 6.45) is 4.47. The molecule has 0 amide bonds. The van der Waals surface area contributed by atoms with Gasteiger partial charge in [0.2, 0.25) is 0 Å². The number of hydrogen-bond donors (Lipinski definition) is 1. The van der Waals surface area contributed by atoms with Crippen LogP contribution in [0.25, 0.3) is 0 Å². The van der Waals surface area contributed by atoms with Crippen molar-refractivity contribution < 1.29 is 14.6 Å². The molecule has 2 rings (SSSR count). The van der Waals surface area contributed by atoms with E-state index in [0.29, 0.717) is 23.3 Å². The van der Waals surface area contributed by atoms with Gasteiger partial charge in [0.25, 0.3) is 0 Å². The van der Waals surface area contributed by atoms with Crippen molar-refractivity contribution in [1.29, 1.82) is 0 Å². The Bertz CT molecular complexity index is 663. The normalized spacial score (nSPS) is 26.1. The Labute approximate surface area is 164 Å². The molecule has 5 atom stereocenters. The zero-order chi connectivity index (χ0) is 20.2. The molecule has 0 heterocycles. The van der Waals surface area contributed by atoms with Crippen LogP contribution in [0.2, 0.25) is 0 Å². The zero-order valence-corrected chi connectivity index (χ0v) is 17.2. The van der Waals surface area contributed by atoms with Crippen LogP contribution in [0.5, 0.6) is 0 Å². The van der Waals surface area contributed by atoms with Crippen LogP contribution in [0.3, 0.4) is 0 Å². The van der Waals surface area contributed by atoms with E-state index in [0.717, 1.165) is 24.8 Å². The highest BCUT2D eigenvalue weighted by molar-refractivity contribution is 5.85. The number of rotatable bonds is 7. The van der Waals surface area contributed by atoms with Gasteiger partial charge in [-0.15, -0.1) is 6.58 Å². The van der Waals surface area contributed by atoms with Gasteiger partial charge in [-0.05, 0) is 48.7 Å². The number of carbonyl (C=O) groups excluding carboxylic acids is 1. The molecule has 1 N–H and O–H groups in total. The summed E-state index contributed by atoms with van der Waals surface area (Å²) in [7, 11) is 0. The third kappa shape index (κ3) is 4.52. The molecule has 0 aromatic heterocycles. The molecule has 3 heteroatoms. The fourth-order valence-corrected chi connectivity index (χ4v) is 4.25. The average Bonchev–Trinajstić information content (AvgIpc) is 2.62. The van der Waals surface area contributed by atoms with E-state index in [1.165, 1.54) is 0 Å². The first kappa shape index (κ1) is 21.4. The molecule has 0 unspecified atom stereocenters. The average molecular weight is 371 g/mol. The van der Waals surface area contributed by atoms with E-state index in [1.54, 1.807) is 13.0 Å². The Kier molecular flexibility index (Phi) is 7.05. The van der Waals surface area contributed by atoms with Crippen LogP contribution in [-0.2, 0) is 9.53 Å². The van der Waals surface area contributed by atoms with Crippen molar-refractivity contribution in [2.45, 2.75) is 64.6 Å². The van der Waals surface area contributed by atoms with Crippen molar-refractivity contribution in [3.8, 4) is 0 Å². The predicted octanol–water partition coefficient (Wildman–Crippen LogP) is 5.27. The minimum atomic E-state index is -1.83. The monoisotopic (exact) mass is 370 g/mol. The van der Waals surface area contributed by atoms with Crippen LogP contribution in [0.4, 0.5) is 0 Å². The molecule has 0 radical (unpaired) electrons. The van der Waals surface area contributed by atoms with Crippen LogP contribution in [-0.4, -0.2) is 22.8 Å². The molecule has 1 aliphatic carbocycles. The summed E-state index contributed by atoms with van der Waals surface area (Å²) in [5.41, 5.74) is -0.649. The van der Waals surface area contributed by atoms with Crippen LogP contribution in [0, 0.1) is 17.8 Å². The van der Waals surface area contributed by atoms with Crippen molar-refractivity contribution in [3.63, 3.8) is 0 Å². The lowest BCUT2D eigenvalue weighted by atomic mass is 9.74. The highest BCUT2D eigenvalue weighted by atomic mass is 16.6. The van der Waals surface area contributed by atoms with Gasteiger partial charge in [-0.3, -0.25) is 0 Å². The largest absolute Gasteiger partial charge is 0.460 e. The Morgan fingerprint density at radius 3 is 2.44 bits per heavy atom. The van der Waals surface area contributed by atoms with Crippen molar-refractivity contribution >= 4 is 5.97 Å².